The Balaban J connectivity index is 3.96. The van der Waals surface area contributed by atoms with Crippen molar-refractivity contribution in [1.29, 1.82) is 0 Å². The first-order valence-electron chi connectivity index (χ1n) is 19.6. The average molecular weight is 721 g/mol. The second kappa shape index (κ2) is 35.1. The maximum Gasteiger partial charge on any atom is 0.472 e. The van der Waals surface area contributed by atoms with E-state index in [0.717, 1.165) is 51.4 Å². The van der Waals surface area contributed by atoms with Gasteiger partial charge in [-0.05, 0) is 38.5 Å². The van der Waals surface area contributed by atoms with Gasteiger partial charge in [0.25, 0.3) is 0 Å². The molecule has 0 aromatic carbocycles. The lowest BCUT2D eigenvalue weighted by Crippen LogP contribution is -2.28. The van der Waals surface area contributed by atoms with Gasteiger partial charge in [0.15, 0.2) is 0 Å². The lowest BCUT2D eigenvalue weighted by Gasteiger charge is -2.20. The fourth-order valence-corrected chi connectivity index (χ4v) is 6.19. The quantitative estimate of drug-likeness (QED) is 0.0245. The second-order valence-electron chi connectivity index (χ2n) is 13.3. The summed E-state index contributed by atoms with van der Waals surface area (Å²) in [6.07, 6.45) is 30.5. The van der Waals surface area contributed by atoms with Crippen molar-refractivity contribution in [2.24, 2.45) is 0 Å². The number of phosphoric ester groups is 1. The van der Waals surface area contributed by atoms with Gasteiger partial charge in [0.1, 0.15) is 12.2 Å². The highest BCUT2D eigenvalue weighted by atomic mass is 31.2. The van der Waals surface area contributed by atoms with Crippen molar-refractivity contribution < 1.29 is 47.8 Å². The molecule has 49 heavy (non-hydrogen) atoms. The standard InChI is InChI=1S/C38H73O10P/c1-3-5-7-9-11-13-15-16-17-18-19-20-22-24-26-28-30-38(42)48-36(32-40)34-46-49(43,44)45-33-35(31-39)47-37(41)29-27-25-23-21-14-12-10-8-6-4-2/h17-18,35-36,39-40H,3-16,19-34H2,1-2H3,(H,43,44)/b18-17-. The zero-order chi connectivity index (χ0) is 36.3. The van der Waals surface area contributed by atoms with Crippen LogP contribution in [0.2, 0.25) is 0 Å². The predicted molar refractivity (Wildman–Crippen MR) is 196 cm³/mol. The molecule has 10 nitrogen and oxygen atoms in total. The lowest BCUT2D eigenvalue weighted by atomic mass is 10.1. The van der Waals surface area contributed by atoms with Crippen molar-refractivity contribution in [3.05, 3.63) is 12.2 Å². The van der Waals surface area contributed by atoms with E-state index in [1.807, 2.05) is 0 Å². The molecule has 0 fully saturated rings. The van der Waals surface area contributed by atoms with Gasteiger partial charge in [0, 0.05) is 12.8 Å². The molecule has 3 atom stereocenters. The van der Waals surface area contributed by atoms with Gasteiger partial charge in [-0.25, -0.2) is 4.57 Å². The Hall–Kier alpha value is -1.29. The highest BCUT2D eigenvalue weighted by Crippen LogP contribution is 2.43. The monoisotopic (exact) mass is 720 g/mol. The van der Waals surface area contributed by atoms with Crippen LogP contribution in [-0.4, -0.2) is 65.7 Å². The molecule has 0 radical (unpaired) electrons. The van der Waals surface area contributed by atoms with E-state index in [4.69, 9.17) is 18.5 Å². The number of aliphatic hydroxyl groups is 2. The predicted octanol–water partition coefficient (Wildman–Crippen LogP) is 9.67. The fraction of sp³-hybridized carbons (Fsp3) is 0.895. The minimum absolute atomic E-state index is 0.185. The fourth-order valence-electron chi connectivity index (χ4n) is 5.40. The number of carbonyl (C=O) groups excluding carboxylic acids is 2. The molecular weight excluding hydrogens is 647 g/mol. The van der Waals surface area contributed by atoms with Crippen LogP contribution in [0.4, 0.5) is 0 Å². The van der Waals surface area contributed by atoms with Crippen LogP contribution in [0.25, 0.3) is 0 Å². The molecular formula is C38H73O10P. The molecule has 3 N–H and O–H groups in total. The van der Waals surface area contributed by atoms with Crippen molar-refractivity contribution in [3.63, 3.8) is 0 Å². The molecule has 11 heteroatoms. The number of unbranched alkanes of at least 4 members (excludes halogenated alkanes) is 21. The van der Waals surface area contributed by atoms with Crippen LogP contribution in [0, 0.1) is 0 Å². The van der Waals surface area contributed by atoms with E-state index in [9.17, 15) is 29.3 Å². The van der Waals surface area contributed by atoms with Gasteiger partial charge in [0.2, 0.25) is 0 Å². The van der Waals surface area contributed by atoms with E-state index in [1.165, 1.54) is 89.9 Å². The van der Waals surface area contributed by atoms with Gasteiger partial charge < -0.3 is 24.6 Å². The van der Waals surface area contributed by atoms with Crippen LogP contribution >= 0.6 is 7.82 Å². The molecule has 0 aromatic heterocycles. The van der Waals surface area contributed by atoms with Gasteiger partial charge in [-0.3, -0.25) is 18.6 Å². The Bertz CT molecular complexity index is 837. The summed E-state index contributed by atoms with van der Waals surface area (Å²) in [7, 11) is -4.62. The Morgan fingerprint density at radius 1 is 0.531 bits per heavy atom. The van der Waals surface area contributed by atoms with Crippen molar-refractivity contribution in [2.45, 2.75) is 193 Å². The summed E-state index contributed by atoms with van der Waals surface area (Å²) in [5.74, 6) is -1.02. The SMILES string of the molecule is CCCCCCCCC/C=C\CCCCCCCC(=O)OC(CO)COP(=O)(O)OCC(CO)OC(=O)CCCCCCCCCCCC. The number of hydrogen-bond donors (Lipinski definition) is 3. The number of esters is 2. The third-order valence-electron chi connectivity index (χ3n) is 8.48. The molecule has 290 valence electrons. The summed E-state index contributed by atoms with van der Waals surface area (Å²) >= 11 is 0. The van der Waals surface area contributed by atoms with Gasteiger partial charge in [0.05, 0.1) is 26.4 Å². The Morgan fingerprint density at radius 3 is 1.16 bits per heavy atom. The van der Waals surface area contributed by atoms with E-state index < -0.39 is 58.4 Å². The first-order valence-corrected chi connectivity index (χ1v) is 21.1. The Kier molecular flexibility index (Phi) is 34.2. The summed E-state index contributed by atoms with van der Waals surface area (Å²) in [5.41, 5.74) is 0. The minimum Gasteiger partial charge on any atom is -0.457 e. The number of carbonyl (C=O) groups is 2. The number of aliphatic hydroxyl groups excluding tert-OH is 2. The van der Waals surface area contributed by atoms with E-state index in [2.05, 4.69) is 26.0 Å². The number of phosphoric acid groups is 1. The third kappa shape index (κ3) is 33.6. The molecule has 0 aliphatic rings. The van der Waals surface area contributed by atoms with Crippen LogP contribution in [-0.2, 0) is 32.7 Å². The largest absolute Gasteiger partial charge is 0.472 e. The maximum atomic E-state index is 12.3. The first kappa shape index (κ1) is 47.7. The van der Waals surface area contributed by atoms with Crippen molar-refractivity contribution in [1.82, 2.24) is 0 Å². The lowest BCUT2D eigenvalue weighted by molar-refractivity contribution is -0.153. The van der Waals surface area contributed by atoms with Gasteiger partial charge in [-0.2, -0.15) is 0 Å². The molecule has 0 bridgehead atoms. The van der Waals surface area contributed by atoms with E-state index in [1.54, 1.807) is 0 Å². The molecule has 0 aliphatic heterocycles. The van der Waals surface area contributed by atoms with Crippen LogP contribution < -0.4 is 0 Å². The summed E-state index contributed by atoms with van der Waals surface area (Å²) in [6.45, 7) is 2.18. The Morgan fingerprint density at radius 2 is 0.837 bits per heavy atom. The zero-order valence-electron chi connectivity index (χ0n) is 31.2. The number of hydrogen-bond acceptors (Lipinski definition) is 9. The zero-order valence-corrected chi connectivity index (χ0v) is 32.1. The molecule has 0 aliphatic carbocycles. The van der Waals surface area contributed by atoms with Crippen LogP contribution in [0.5, 0.6) is 0 Å². The number of ether oxygens (including phenoxy) is 2. The van der Waals surface area contributed by atoms with Gasteiger partial charge in [-0.15, -0.1) is 0 Å². The molecule has 0 saturated heterocycles. The summed E-state index contributed by atoms with van der Waals surface area (Å²) < 4.78 is 32.4. The normalized spacial score (nSPS) is 14.1. The summed E-state index contributed by atoms with van der Waals surface area (Å²) in [6, 6.07) is 0. The van der Waals surface area contributed by atoms with Gasteiger partial charge in [-0.1, -0.05) is 142 Å². The smallest absolute Gasteiger partial charge is 0.457 e. The highest BCUT2D eigenvalue weighted by molar-refractivity contribution is 7.47. The van der Waals surface area contributed by atoms with Crippen LogP contribution in [0.1, 0.15) is 181 Å². The number of allylic oxidation sites excluding steroid dienone is 2. The van der Waals surface area contributed by atoms with Crippen LogP contribution in [0.15, 0.2) is 12.2 Å². The van der Waals surface area contributed by atoms with Crippen LogP contribution in [0.3, 0.4) is 0 Å². The van der Waals surface area contributed by atoms with E-state index >= 15 is 0 Å². The summed E-state index contributed by atoms with van der Waals surface area (Å²) in [5, 5.41) is 19.1. The molecule has 0 saturated carbocycles. The average Bonchev–Trinajstić information content (AvgIpc) is 3.09. The molecule has 0 heterocycles. The Labute approximate surface area is 298 Å². The van der Waals surface area contributed by atoms with Crippen molar-refractivity contribution in [2.75, 3.05) is 26.4 Å². The highest BCUT2D eigenvalue weighted by Gasteiger charge is 2.27. The first-order chi connectivity index (χ1) is 23.8. The van der Waals surface area contributed by atoms with Gasteiger partial charge >= 0.3 is 19.8 Å². The minimum atomic E-state index is -4.62. The summed E-state index contributed by atoms with van der Waals surface area (Å²) in [4.78, 5) is 34.3. The van der Waals surface area contributed by atoms with E-state index in [-0.39, 0.29) is 12.8 Å². The molecule has 0 spiro atoms. The van der Waals surface area contributed by atoms with Crippen molar-refractivity contribution in [3.8, 4) is 0 Å². The number of rotatable bonds is 37. The molecule has 0 aromatic rings. The topological polar surface area (TPSA) is 149 Å². The third-order valence-corrected chi connectivity index (χ3v) is 9.43. The molecule has 0 amide bonds. The second-order valence-corrected chi connectivity index (χ2v) is 14.7. The van der Waals surface area contributed by atoms with Crippen molar-refractivity contribution >= 4 is 19.8 Å². The molecule has 0 rings (SSSR count). The maximum absolute atomic E-state index is 12.3. The van der Waals surface area contributed by atoms with E-state index in [0.29, 0.717) is 12.8 Å². The molecule has 3 unspecified atom stereocenters.